The minimum absolute atomic E-state index is 0.107. The first kappa shape index (κ1) is 19.9. The topological polar surface area (TPSA) is 81.4 Å². The molecular formula is C17H18F2N2O4S. The number of thioether (sulfide) groups is 1. The molecule has 0 atom stereocenters. The summed E-state index contributed by atoms with van der Waals surface area (Å²) in [4.78, 5) is 23.9. The molecule has 0 saturated heterocycles. The number of ether oxygens (including phenoxy) is 1. The highest BCUT2D eigenvalue weighted by Crippen LogP contribution is 2.26. The summed E-state index contributed by atoms with van der Waals surface area (Å²) >= 11 is 0.420. The fraction of sp³-hybridized carbons (Fsp3) is 0.353. The average Bonchev–Trinajstić information content (AvgIpc) is 2.90. The molecule has 2 aromatic rings. The minimum Gasteiger partial charge on any atom is -0.456 e. The molecule has 0 bridgehead atoms. The molecule has 0 fully saturated rings. The normalized spacial score (nSPS) is 10.8. The van der Waals surface area contributed by atoms with Crippen molar-refractivity contribution in [3.05, 3.63) is 41.3 Å². The van der Waals surface area contributed by atoms with Gasteiger partial charge in [0.15, 0.2) is 6.61 Å². The van der Waals surface area contributed by atoms with Gasteiger partial charge in [0.05, 0.1) is 5.69 Å². The second-order valence-corrected chi connectivity index (χ2v) is 6.48. The highest BCUT2D eigenvalue weighted by atomic mass is 32.2. The van der Waals surface area contributed by atoms with Gasteiger partial charge in [0.1, 0.15) is 5.76 Å². The van der Waals surface area contributed by atoms with E-state index in [0.29, 0.717) is 34.5 Å². The number of benzene rings is 1. The number of halogens is 2. The first-order chi connectivity index (χ1) is 12.3. The third-order valence-electron chi connectivity index (χ3n) is 3.49. The molecule has 0 aliphatic rings. The number of amides is 1. The molecule has 0 aliphatic carbocycles. The van der Waals surface area contributed by atoms with Crippen molar-refractivity contribution in [2.24, 2.45) is 0 Å². The molecule has 0 radical (unpaired) electrons. The Morgan fingerprint density at radius 2 is 1.96 bits per heavy atom. The highest BCUT2D eigenvalue weighted by Gasteiger charge is 2.13. The Kier molecular flexibility index (Phi) is 7.14. The summed E-state index contributed by atoms with van der Waals surface area (Å²) in [7, 11) is 0. The fourth-order valence-corrected chi connectivity index (χ4v) is 2.72. The Bertz CT molecular complexity index is 743. The molecule has 0 spiro atoms. The van der Waals surface area contributed by atoms with Gasteiger partial charge in [-0.3, -0.25) is 9.59 Å². The lowest BCUT2D eigenvalue weighted by molar-refractivity contribution is -0.147. The number of anilines is 1. The van der Waals surface area contributed by atoms with Crippen LogP contribution in [0.1, 0.15) is 23.4 Å². The molecule has 1 N–H and O–H groups in total. The van der Waals surface area contributed by atoms with Gasteiger partial charge in [-0.2, -0.15) is 8.78 Å². The monoisotopic (exact) mass is 384 g/mol. The van der Waals surface area contributed by atoms with Crippen LogP contribution in [0.2, 0.25) is 0 Å². The Balaban J connectivity index is 1.73. The Labute approximate surface area is 153 Å². The number of esters is 1. The van der Waals surface area contributed by atoms with Gasteiger partial charge in [0, 0.05) is 22.6 Å². The van der Waals surface area contributed by atoms with Crippen molar-refractivity contribution in [3.8, 4) is 0 Å². The SMILES string of the molecule is Cc1noc(C)c1CCC(=O)OCC(=O)Nc1ccc(SC(F)F)cc1. The predicted octanol–water partition coefficient (Wildman–Crippen LogP) is 3.72. The van der Waals surface area contributed by atoms with E-state index < -0.39 is 24.2 Å². The number of rotatable bonds is 8. The molecule has 140 valence electrons. The Morgan fingerprint density at radius 1 is 1.27 bits per heavy atom. The van der Waals surface area contributed by atoms with Crippen LogP contribution in [0.15, 0.2) is 33.7 Å². The molecular weight excluding hydrogens is 366 g/mol. The smallest absolute Gasteiger partial charge is 0.306 e. The maximum Gasteiger partial charge on any atom is 0.306 e. The lowest BCUT2D eigenvalue weighted by Gasteiger charge is -2.07. The third-order valence-corrected chi connectivity index (χ3v) is 4.21. The van der Waals surface area contributed by atoms with Gasteiger partial charge >= 0.3 is 5.97 Å². The Morgan fingerprint density at radius 3 is 2.54 bits per heavy atom. The standard InChI is InChI=1S/C17H18F2N2O4S/c1-10-14(11(2)25-21-10)7-8-16(23)24-9-15(22)20-12-3-5-13(6-4-12)26-17(18)19/h3-6,17H,7-9H2,1-2H3,(H,20,22). The number of alkyl halides is 2. The summed E-state index contributed by atoms with van der Waals surface area (Å²) in [6, 6.07) is 5.95. The number of carbonyl (C=O) groups excluding carboxylic acids is 2. The van der Waals surface area contributed by atoms with E-state index in [2.05, 4.69) is 10.5 Å². The van der Waals surface area contributed by atoms with Crippen LogP contribution < -0.4 is 5.32 Å². The number of aromatic nitrogens is 1. The summed E-state index contributed by atoms with van der Waals surface area (Å²) < 4.78 is 34.4. The van der Waals surface area contributed by atoms with E-state index in [1.807, 2.05) is 0 Å². The van der Waals surface area contributed by atoms with Crippen LogP contribution in [0.5, 0.6) is 0 Å². The van der Waals surface area contributed by atoms with Crippen LogP contribution in [-0.2, 0) is 20.7 Å². The van der Waals surface area contributed by atoms with E-state index in [4.69, 9.17) is 9.26 Å². The minimum atomic E-state index is -2.50. The van der Waals surface area contributed by atoms with Crippen molar-refractivity contribution in [3.63, 3.8) is 0 Å². The lowest BCUT2D eigenvalue weighted by Crippen LogP contribution is -2.21. The van der Waals surface area contributed by atoms with E-state index in [0.717, 1.165) is 11.3 Å². The summed E-state index contributed by atoms with van der Waals surface area (Å²) in [6.45, 7) is 3.13. The number of carbonyl (C=O) groups is 2. The number of nitrogens with one attached hydrogen (secondary N) is 1. The zero-order chi connectivity index (χ0) is 19.1. The van der Waals surface area contributed by atoms with Gasteiger partial charge < -0.3 is 14.6 Å². The van der Waals surface area contributed by atoms with Crippen LogP contribution in [-0.4, -0.2) is 29.4 Å². The van der Waals surface area contributed by atoms with Gasteiger partial charge in [-0.15, -0.1) is 0 Å². The summed E-state index contributed by atoms with van der Waals surface area (Å²) in [5.41, 5.74) is 2.01. The molecule has 1 heterocycles. The largest absolute Gasteiger partial charge is 0.456 e. The maximum atomic E-state index is 12.2. The van der Waals surface area contributed by atoms with E-state index >= 15 is 0 Å². The van der Waals surface area contributed by atoms with Gasteiger partial charge in [0.2, 0.25) is 0 Å². The van der Waals surface area contributed by atoms with Crippen molar-refractivity contribution in [1.29, 1.82) is 0 Å². The molecule has 1 aromatic heterocycles. The number of nitrogens with zero attached hydrogens (tertiary/aromatic N) is 1. The average molecular weight is 384 g/mol. The summed E-state index contributed by atoms with van der Waals surface area (Å²) in [6.07, 6.45) is 0.528. The van der Waals surface area contributed by atoms with E-state index in [1.54, 1.807) is 13.8 Å². The van der Waals surface area contributed by atoms with Crippen LogP contribution in [0.4, 0.5) is 14.5 Å². The van der Waals surface area contributed by atoms with Crippen LogP contribution in [0.3, 0.4) is 0 Å². The first-order valence-corrected chi connectivity index (χ1v) is 8.65. The van der Waals surface area contributed by atoms with Crippen molar-refractivity contribution in [1.82, 2.24) is 5.16 Å². The molecule has 9 heteroatoms. The lowest BCUT2D eigenvalue weighted by atomic mass is 10.1. The van der Waals surface area contributed by atoms with Gasteiger partial charge in [-0.05, 0) is 44.5 Å². The first-order valence-electron chi connectivity index (χ1n) is 7.77. The number of aryl methyl sites for hydroxylation is 2. The van der Waals surface area contributed by atoms with Crippen molar-refractivity contribution in [2.45, 2.75) is 37.3 Å². The summed E-state index contributed by atoms with van der Waals surface area (Å²) in [5.74, 6) is -2.87. The van der Waals surface area contributed by atoms with E-state index in [9.17, 15) is 18.4 Å². The van der Waals surface area contributed by atoms with Gasteiger partial charge in [-0.1, -0.05) is 16.9 Å². The second kappa shape index (κ2) is 9.33. The van der Waals surface area contributed by atoms with Crippen LogP contribution in [0.25, 0.3) is 0 Å². The predicted molar refractivity (Wildman–Crippen MR) is 92.2 cm³/mol. The molecule has 1 aromatic carbocycles. The molecule has 1 amide bonds. The number of hydrogen-bond acceptors (Lipinski definition) is 6. The molecule has 0 unspecified atom stereocenters. The van der Waals surface area contributed by atoms with Gasteiger partial charge in [0.25, 0.3) is 11.7 Å². The van der Waals surface area contributed by atoms with E-state index in [1.165, 1.54) is 24.3 Å². The van der Waals surface area contributed by atoms with Crippen LogP contribution in [0, 0.1) is 13.8 Å². The molecule has 0 aliphatic heterocycles. The zero-order valence-corrected chi connectivity index (χ0v) is 15.1. The molecule has 2 rings (SSSR count). The number of hydrogen-bond donors (Lipinski definition) is 1. The van der Waals surface area contributed by atoms with Crippen molar-refractivity contribution < 1.29 is 27.6 Å². The third kappa shape index (κ3) is 6.14. The second-order valence-electron chi connectivity index (χ2n) is 5.41. The van der Waals surface area contributed by atoms with Crippen molar-refractivity contribution in [2.75, 3.05) is 11.9 Å². The zero-order valence-electron chi connectivity index (χ0n) is 14.3. The Hall–Kier alpha value is -2.42. The quantitative estimate of drug-likeness (QED) is 0.552. The molecule has 6 nitrogen and oxygen atoms in total. The molecule has 0 saturated carbocycles. The van der Waals surface area contributed by atoms with Crippen LogP contribution >= 0.6 is 11.8 Å². The van der Waals surface area contributed by atoms with Crippen molar-refractivity contribution >= 4 is 29.3 Å². The highest BCUT2D eigenvalue weighted by molar-refractivity contribution is 7.99. The summed E-state index contributed by atoms with van der Waals surface area (Å²) in [5, 5.41) is 6.33. The molecule has 26 heavy (non-hydrogen) atoms. The fourth-order valence-electron chi connectivity index (χ4n) is 2.22. The maximum absolute atomic E-state index is 12.2. The van der Waals surface area contributed by atoms with Gasteiger partial charge in [-0.25, -0.2) is 0 Å². The van der Waals surface area contributed by atoms with E-state index in [-0.39, 0.29) is 6.42 Å².